The van der Waals surface area contributed by atoms with Crippen molar-refractivity contribution in [3.8, 4) is 17.0 Å². The summed E-state index contributed by atoms with van der Waals surface area (Å²) < 4.78 is 5.48. The van der Waals surface area contributed by atoms with Crippen LogP contribution in [0.5, 0.6) is 5.75 Å². The molecule has 1 fully saturated rings. The summed E-state index contributed by atoms with van der Waals surface area (Å²) in [7, 11) is 0. The molecule has 0 saturated carbocycles. The Morgan fingerprint density at radius 3 is 2.18 bits per heavy atom. The van der Waals surface area contributed by atoms with Crippen molar-refractivity contribution in [2.24, 2.45) is 5.92 Å². The smallest absolute Gasteiger partial charge is 0.225 e. The number of hydrogen-bond acceptors (Lipinski definition) is 5. The lowest BCUT2D eigenvalue weighted by Gasteiger charge is -2.36. The summed E-state index contributed by atoms with van der Waals surface area (Å²) in [5.41, 5.74) is 1.86. The van der Waals surface area contributed by atoms with Crippen LogP contribution in [0.3, 0.4) is 0 Å². The molecule has 28 heavy (non-hydrogen) atoms. The molecule has 1 aromatic heterocycles. The second-order valence-corrected chi connectivity index (χ2v) is 7.06. The number of benzene rings is 1. The molecule has 150 valence electrons. The van der Waals surface area contributed by atoms with Crippen LogP contribution in [0.4, 0.5) is 5.82 Å². The van der Waals surface area contributed by atoms with Gasteiger partial charge in [-0.3, -0.25) is 4.79 Å². The SMILES string of the molecule is CCOc1ccc(-c2ccc(N3CCN(C(=O)C(CC)CC)CC3)nn2)cc1. The lowest BCUT2D eigenvalue weighted by molar-refractivity contribution is -0.136. The number of amides is 1. The second kappa shape index (κ2) is 9.53. The van der Waals surface area contributed by atoms with Crippen molar-refractivity contribution in [1.29, 1.82) is 0 Å². The lowest BCUT2D eigenvalue weighted by atomic mass is 10.0. The van der Waals surface area contributed by atoms with Crippen LogP contribution < -0.4 is 9.64 Å². The molecule has 1 aromatic carbocycles. The Morgan fingerprint density at radius 2 is 1.64 bits per heavy atom. The summed E-state index contributed by atoms with van der Waals surface area (Å²) in [6.45, 7) is 9.89. The first-order valence-electron chi connectivity index (χ1n) is 10.3. The summed E-state index contributed by atoms with van der Waals surface area (Å²) in [5.74, 6) is 2.17. The molecule has 0 spiro atoms. The van der Waals surface area contributed by atoms with Gasteiger partial charge in [0.25, 0.3) is 0 Å². The quantitative estimate of drug-likeness (QED) is 0.732. The molecule has 6 nitrogen and oxygen atoms in total. The number of hydrogen-bond donors (Lipinski definition) is 0. The number of rotatable bonds is 7. The largest absolute Gasteiger partial charge is 0.494 e. The van der Waals surface area contributed by atoms with Gasteiger partial charge in [0, 0.05) is 37.7 Å². The average Bonchev–Trinajstić information content (AvgIpc) is 2.75. The third-order valence-corrected chi connectivity index (χ3v) is 5.36. The van der Waals surface area contributed by atoms with Crippen molar-refractivity contribution in [2.45, 2.75) is 33.6 Å². The maximum Gasteiger partial charge on any atom is 0.225 e. The molecule has 0 N–H and O–H groups in total. The first-order valence-corrected chi connectivity index (χ1v) is 10.3. The number of nitrogens with zero attached hydrogens (tertiary/aromatic N) is 4. The average molecular weight is 383 g/mol. The standard InChI is InChI=1S/C22H30N4O2/c1-4-17(5-2)22(27)26-15-13-25(14-16-26)21-12-11-20(23-24-21)18-7-9-19(10-8-18)28-6-3/h7-12,17H,4-6,13-16H2,1-3H3. The van der Waals surface area contributed by atoms with Gasteiger partial charge in [-0.1, -0.05) is 13.8 Å². The molecule has 0 atom stereocenters. The van der Waals surface area contributed by atoms with Crippen molar-refractivity contribution >= 4 is 11.7 Å². The van der Waals surface area contributed by atoms with Crippen LogP contribution in [0.1, 0.15) is 33.6 Å². The fourth-order valence-electron chi connectivity index (χ4n) is 3.59. The van der Waals surface area contributed by atoms with Crippen molar-refractivity contribution in [2.75, 3.05) is 37.7 Å². The Balaban J connectivity index is 1.59. The van der Waals surface area contributed by atoms with Gasteiger partial charge in [0.15, 0.2) is 5.82 Å². The van der Waals surface area contributed by atoms with Gasteiger partial charge < -0.3 is 14.5 Å². The summed E-state index contributed by atoms with van der Waals surface area (Å²) in [5, 5.41) is 8.81. The Morgan fingerprint density at radius 1 is 0.964 bits per heavy atom. The van der Waals surface area contributed by atoms with Crippen LogP contribution in [-0.2, 0) is 4.79 Å². The highest BCUT2D eigenvalue weighted by molar-refractivity contribution is 5.79. The second-order valence-electron chi connectivity index (χ2n) is 7.06. The van der Waals surface area contributed by atoms with Crippen molar-refractivity contribution in [3.63, 3.8) is 0 Å². The van der Waals surface area contributed by atoms with E-state index in [1.165, 1.54) is 0 Å². The minimum atomic E-state index is 0.153. The first-order chi connectivity index (χ1) is 13.7. The molecule has 1 amide bonds. The predicted molar refractivity (Wildman–Crippen MR) is 112 cm³/mol. The van der Waals surface area contributed by atoms with E-state index in [0.29, 0.717) is 12.5 Å². The van der Waals surface area contributed by atoms with Gasteiger partial charge in [-0.25, -0.2) is 0 Å². The van der Waals surface area contributed by atoms with Crippen LogP contribution in [0.25, 0.3) is 11.3 Å². The van der Waals surface area contributed by atoms with Crippen LogP contribution in [-0.4, -0.2) is 53.8 Å². The van der Waals surface area contributed by atoms with Crippen LogP contribution in [0, 0.1) is 5.92 Å². The number of carbonyl (C=O) groups excluding carboxylic acids is 1. The number of ether oxygens (including phenoxy) is 1. The zero-order valence-electron chi connectivity index (χ0n) is 17.1. The molecule has 1 aliphatic rings. The van der Waals surface area contributed by atoms with E-state index in [1.807, 2.05) is 48.2 Å². The summed E-state index contributed by atoms with van der Waals surface area (Å²) in [4.78, 5) is 16.7. The molecule has 1 saturated heterocycles. The molecule has 0 bridgehead atoms. The summed E-state index contributed by atoms with van der Waals surface area (Å²) in [6, 6.07) is 11.9. The van der Waals surface area contributed by atoms with Crippen LogP contribution in [0.2, 0.25) is 0 Å². The van der Waals surface area contributed by atoms with E-state index >= 15 is 0 Å². The molecular formula is C22H30N4O2. The molecular weight excluding hydrogens is 352 g/mol. The van der Waals surface area contributed by atoms with E-state index in [-0.39, 0.29) is 5.92 Å². The van der Waals surface area contributed by atoms with Crippen molar-refractivity contribution in [1.82, 2.24) is 15.1 Å². The summed E-state index contributed by atoms with van der Waals surface area (Å²) in [6.07, 6.45) is 1.82. The molecule has 0 unspecified atom stereocenters. The van der Waals surface area contributed by atoms with Gasteiger partial charge >= 0.3 is 0 Å². The van der Waals surface area contributed by atoms with Crippen LogP contribution >= 0.6 is 0 Å². The minimum Gasteiger partial charge on any atom is -0.494 e. The normalized spacial score (nSPS) is 14.4. The number of carbonyl (C=O) groups is 1. The number of anilines is 1. The minimum absolute atomic E-state index is 0.153. The fourth-order valence-corrected chi connectivity index (χ4v) is 3.59. The van der Waals surface area contributed by atoms with E-state index in [2.05, 4.69) is 28.9 Å². The highest BCUT2D eigenvalue weighted by Gasteiger charge is 2.26. The molecule has 3 rings (SSSR count). The molecule has 2 heterocycles. The Kier molecular flexibility index (Phi) is 6.85. The fraction of sp³-hybridized carbons (Fsp3) is 0.500. The molecule has 0 radical (unpaired) electrons. The van der Waals surface area contributed by atoms with E-state index < -0.39 is 0 Å². The van der Waals surface area contributed by atoms with E-state index in [1.54, 1.807) is 0 Å². The monoisotopic (exact) mass is 382 g/mol. The van der Waals surface area contributed by atoms with E-state index in [4.69, 9.17) is 4.74 Å². The Bertz CT molecular complexity index is 749. The lowest BCUT2D eigenvalue weighted by Crippen LogP contribution is -2.50. The maximum atomic E-state index is 12.5. The zero-order chi connectivity index (χ0) is 19.9. The summed E-state index contributed by atoms with van der Waals surface area (Å²) >= 11 is 0. The van der Waals surface area contributed by atoms with Crippen molar-refractivity contribution in [3.05, 3.63) is 36.4 Å². The Labute approximate surface area is 167 Å². The number of aromatic nitrogens is 2. The van der Waals surface area contributed by atoms with Crippen LogP contribution in [0.15, 0.2) is 36.4 Å². The van der Waals surface area contributed by atoms with Gasteiger partial charge in [-0.05, 0) is 56.2 Å². The van der Waals surface area contributed by atoms with Crippen molar-refractivity contribution < 1.29 is 9.53 Å². The number of piperazine rings is 1. The highest BCUT2D eigenvalue weighted by atomic mass is 16.5. The van der Waals surface area contributed by atoms with E-state index in [0.717, 1.165) is 61.8 Å². The van der Waals surface area contributed by atoms with Gasteiger partial charge in [0.05, 0.1) is 12.3 Å². The van der Waals surface area contributed by atoms with Gasteiger partial charge in [0.1, 0.15) is 5.75 Å². The zero-order valence-corrected chi connectivity index (χ0v) is 17.1. The third-order valence-electron chi connectivity index (χ3n) is 5.36. The topological polar surface area (TPSA) is 58.6 Å². The van der Waals surface area contributed by atoms with E-state index in [9.17, 15) is 4.79 Å². The van der Waals surface area contributed by atoms with Gasteiger partial charge in [-0.15, -0.1) is 10.2 Å². The molecule has 2 aromatic rings. The maximum absolute atomic E-state index is 12.5. The molecule has 1 aliphatic heterocycles. The predicted octanol–water partition coefficient (Wildman–Crippen LogP) is 3.63. The Hall–Kier alpha value is -2.63. The van der Waals surface area contributed by atoms with Gasteiger partial charge in [0.2, 0.25) is 5.91 Å². The first kappa shape index (κ1) is 20.1. The molecule has 0 aliphatic carbocycles. The third kappa shape index (κ3) is 4.61. The highest BCUT2D eigenvalue weighted by Crippen LogP contribution is 2.22. The van der Waals surface area contributed by atoms with Gasteiger partial charge in [-0.2, -0.15) is 0 Å². The molecule has 6 heteroatoms.